The summed E-state index contributed by atoms with van der Waals surface area (Å²) in [4.78, 5) is 23.8. The van der Waals surface area contributed by atoms with Crippen LogP contribution in [0.2, 0.25) is 10.0 Å². The molecule has 2 N–H and O–H groups in total. The molecule has 3 rings (SSSR count). The minimum Gasteiger partial charge on any atom is -0.326 e. The number of benzene rings is 2. The lowest BCUT2D eigenvalue weighted by atomic mass is 10.2. The first-order valence-electron chi connectivity index (χ1n) is 8.36. The quantitative estimate of drug-likeness (QED) is 0.550. The van der Waals surface area contributed by atoms with E-state index in [9.17, 15) is 22.8 Å². The third-order valence-electron chi connectivity index (χ3n) is 3.87. The summed E-state index contributed by atoms with van der Waals surface area (Å²) >= 11 is 11.9. The minimum atomic E-state index is -4.88. The molecule has 0 aliphatic carbocycles. The van der Waals surface area contributed by atoms with E-state index >= 15 is 0 Å². The number of hydrogen-bond donors (Lipinski definition) is 2. The largest absolute Gasteiger partial charge is 0.434 e. The molecule has 0 aliphatic rings. The van der Waals surface area contributed by atoms with Crippen LogP contribution in [0.15, 0.2) is 48.7 Å². The van der Waals surface area contributed by atoms with Gasteiger partial charge in [0.05, 0.1) is 28.2 Å². The summed E-state index contributed by atoms with van der Waals surface area (Å²) in [5.74, 6) is -1.44. The van der Waals surface area contributed by atoms with Crippen LogP contribution in [0.1, 0.15) is 23.0 Å². The van der Waals surface area contributed by atoms with Gasteiger partial charge in [-0.2, -0.15) is 18.3 Å². The SMILES string of the molecule is CC(=O)Nc1ccc(Cl)c(NC(=O)c2cnn(-c3cccc(Cl)c3)c2C(F)(F)F)c1. The van der Waals surface area contributed by atoms with E-state index in [-0.39, 0.29) is 27.3 Å². The molecular weight excluding hydrogens is 444 g/mol. The van der Waals surface area contributed by atoms with E-state index in [0.29, 0.717) is 10.4 Å². The lowest BCUT2D eigenvalue weighted by molar-refractivity contribution is -0.143. The van der Waals surface area contributed by atoms with Gasteiger partial charge in [-0.1, -0.05) is 29.3 Å². The Morgan fingerprint density at radius 3 is 2.43 bits per heavy atom. The van der Waals surface area contributed by atoms with Crippen LogP contribution in [-0.4, -0.2) is 21.6 Å². The number of carbonyl (C=O) groups is 2. The molecule has 0 aliphatic heterocycles. The van der Waals surface area contributed by atoms with Gasteiger partial charge in [-0.15, -0.1) is 0 Å². The highest BCUT2D eigenvalue weighted by Gasteiger charge is 2.40. The van der Waals surface area contributed by atoms with Crippen molar-refractivity contribution in [2.45, 2.75) is 13.1 Å². The first kappa shape index (κ1) is 21.7. The zero-order valence-electron chi connectivity index (χ0n) is 15.2. The number of carbonyl (C=O) groups excluding carboxylic acids is 2. The molecule has 0 bridgehead atoms. The van der Waals surface area contributed by atoms with Crippen LogP contribution in [0.5, 0.6) is 0 Å². The van der Waals surface area contributed by atoms with Gasteiger partial charge in [0.25, 0.3) is 5.91 Å². The van der Waals surface area contributed by atoms with Crippen molar-refractivity contribution in [3.63, 3.8) is 0 Å². The van der Waals surface area contributed by atoms with E-state index in [4.69, 9.17) is 23.2 Å². The summed E-state index contributed by atoms with van der Waals surface area (Å²) in [6.45, 7) is 1.28. The number of halogens is 5. The predicted molar refractivity (Wildman–Crippen MR) is 107 cm³/mol. The summed E-state index contributed by atoms with van der Waals surface area (Å²) in [5.41, 5.74) is -1.59. The van der Waals surface area contributed by atoms with Gasteiger partial charge >= 0.3 is 6.18 Å². The Balaban J connectivity index is 2.00. The van der Waals surface area contributed by atoms with Crippen LogP contribution in [0.3, 0.4) is 0 Å². The van der Waals surface area contributed by atoms with Crippen LogP contribution in [-0.2, 0) is 11.0 Å². The van der Waals surface area contributed by atoms with Crippen LogP contribution >= 0.6 is 23.2 Å². The van der Waals surface area contributed by atoms with Crippen molar-refractivity contribution in [2.75, 3.05) is 10.6 Å². The number of nitrogens with one attached hydrogen (secondary N) is 2. The first-order chi connectivity index (χ1) is 14.1. The zero-order chi connectivity index (χ0) is 22.1. The highest BCUT2D eigenvalue weighted by molar-refractivity contribution is 6.34. The van der Waals surface area contributed by atoms with Gasteiger partial charge < -0.3 is 10.6 Å². The normalized spacial score (nSPS) is 11.3. The zero-order valence-corrected chi connectivity index (χ0v) is 16.7. The maximum absolute atomic E-state index is 13.8. The molecule has 2 aromatic carbocycles. The molecule has 1 heterocycles. The topological polar surface area (TPSA) is 76.0 Å². The van der Waals surface area contributed by atoms with Crippen molar-refractivity contribution >= 4 is 46.4 Å². The van der Waals surface area contributed by atoms with Crippen molar-refractivity contribution in [1.82, 2.24) is 9.78 Å². The molecule has 2 amide bonds. The smallest absolute Gasteiger partial charge is 0.326 e. The standard InChI is InChI=1S/C19H13Cl2F3N4O2/c1-10(29)26-12-5-6-15(21)16(8-12)27-18(30)14-9-25-28(17(14)19(22,23)24)13-4-2-3-11(20)7-13/h2-9H,1H3,(H,26,29)(H,27,30). The lowest BCUT2D eigenvalue weighted by Crippen LogP contribution is -2.21. The highest BCUT2D eigenvalue weighted by atomic mass is 35.5. The molecule has 0 unspecified atom stereocenters. The highest BCUT2D eigenvalue weighted by Crippen LogP contribution is 2.35. The number of hydrogen-bond acceptors (Lipinski definition) is 3. The molecule has 6 nitrogen and oxygen atoms in total. The second-order valence-electron chi connectivity index (χ2n) is 6.13. The average molecular weight is 457 g/mol. The van der Waals surface area contributed by atoms with Crippen LogP contribution in [0.4, 0.5) is 24.5 Å². The van der Waals surface area contributed by atoms with Gasteiger partial charge in [0.15, 0.2) is 5.69 Å². The number of alkyl halides is 3. The molecule has 1 aromatic heterocycles. The van der Waals surface area contributed by atoms with Crippen molar-refractivity contribution in [3.05, 3.63) is 70.0 Å². The summed E-state index contributed by atoms with van der Waals surface area (Å²) in [6.07, 6.45) is -4.07. The molecule has 0 saturated carbocycles. The third kappa shape index (κ3) is 4.74. The van der Waals surface area contributed by atoms with E-state index in [2.05, 4.69) is 15.7 Å². The van der Waals surface area contributed by atoms with E-state index in [1.807, 2.05) is 0 Å². The van der Waals surface area contributed by atoms with Crippen molar-refractivity contribution < 1.29 is 22.8 Å². The fourth-order valence-corrected chi connectivity index (χ4v) is 3.03. The maximum atomic E-state index is 13.8. The van der Waals surface area contributed by atoms with Crippen LogP contribution in [0.25, 0.3) is 5.69 Å². The Morgan fingerprint density at radius 2 is 1.80 bits per heavy atom. The molecule has 0 fully saturated rings. The average Bonchev–Trinajstić information content (AvgIpc) is 3.10. The maximum Gasteiger partial charge on any atom is 0.434 e. The second kappa shape index (κ2) is 8.37. The minimum absolute atomic E-state index is 0.0246. The molecule has 0 atom stereocenters. The molecular formula is C19H13Cl2F3N4O2. The van der Waals surface area contributed by atoms with Crippen molar-refractivity contribution in [2.24, 2.45) is 0 Å². The third-order valence-corrected chi connectivity index (χ3v) is 4.43. The predicted octanol–water partition coefficient (Wildman–Crippen LogP) is 5.41. The van der Waals surface area contributed by atoms with E-state index in [1.165, 1.54) is 49.4 Å². The lowest BCUT2D eigenvalue weighted by Gasteiger charge is -2.14. The summed E-state index contributed by atoms with van der Waals surface area (Å²) in [6, 6.07) is 9.84. The van der Waals surface area contributed by atoms with Gasteiger partial charge in [-0.05, 0) is 36.4 Å². The monoisotopic (exact) mass is 456 g/mol. The van der Waals surface area contributed by atoms with Gasteiger partial charge in [0.1, 0.15) is 0 Å². The second-order valence-corrected chi connectivity index (χ2v) is 6.97. The molecule has 30 heavy (non-hydrogen) atoms. The number of anilines is 2. The number of aromatic nitrogens is 2. The summed E-state index contributed by atoms with van der Waals surface area (Å²) in [7, 11) is 0. The summed E-state index contributed by atoms with van der Waals surface area (Å²) in [5, 5.41) is 8.83. The Kier molecular flexibility index (Phi) is 6.04. The van der Waals surface area contributed by atoms with Gasteiger partial charge in [0, 0.05) is 17.6 Å². The van der Waals surface area contributed by atoms with Gasteiger partial charge in [0.2, 0.25) is 5.91 Å². The fourth-order valence-electron chi connectivity index (χ4n) is 2.68. The molecule has 0 saturated heterocycles. The molecule has 156 valence electrons. The van der Waals surface area contributed by atoms with E-state index < -0.39 is 23.3 Å². The number of amides is 2. The van der Waals surface area contributed by atoms with Crippen LogP contribution < -0.4 is 10.6 Å². The summed E-state index contributed by atoms with van der Waals surface area (Å²) < 4.78 is 41.9. The van der Waals surface area contributed by atoms with Gasteiger partial charge in [-0.25, -0.2) is 4.68 Å². The Hall–Kier alpha value is -3.04. The Morgan fingerprint density at radius 1 is 1.07 bits per heavy atom. The van der Waals surface area contributed by atoms with Gasteiger partial charge in [-0.3, -0.25) is 9.59 Å². The number of nitrogens with zero attached hydrogens (tertiary/aromatic N) is 2. The van der Waals surface area contributed by atoms with E-state index in [1.54, 1.807) is 0 Å². The molecule has 0 radical (unpaired) electrons. The molecule has 11 heteroatoms. The fraction of sp³-hybridized carbons (Fsp3) is 0.105. The number of rotatable bonds is 4. The van der Waals surface area contributed by atoms with E-state index in [0.717, 1.165) is 6.20 Å². The molecule has 3 aromatic rings. The molecule has 0 spiro atoms. The van der Waals surface area contributed by atoms with Crippen molar-refractivity contribution in [1.29, 1.82) is 0 Å². The van der Waals surface area contributed by atoms with Crippen molar-refractivity contribution in [3.8, 4) is 5.69 Å². The van der Waals surface area contributed by atoms with Crippen LogP contribution in [0, 0.1) is 0 Å². The Labute approximate surface area is 178 Å². The Bertz CT molecular complexity index is 1130. The first-order valence-corrected chi connectivity index (χ1v) is 9.11.